The van der Waals surface area contributed by atoms with Gasteiger partial charge in [0.15, 0.2) is 0 Å². The molecule has 0 saturated carbocycles. The quantitative estimate of drug-likeness (QED) is 0.755. The Balaban J connectivity index is 2.13. The molecule has 0 spiro atoms. The molecule has 0 bridgehead atoms. The number of hydrogen-bond donors (Lipinski definition) is 3. The van der Waals surface area contributed by atoms with Gasteiger partial charge in [0, 0.05) is 13.0 Å². The van der Waals surface area contributed by atoms with Crippen LogP contribution in [0.3, 0.4) is 0 Å². The highest BCUT2D eigenvalue weighted by Gasteiger charge is 2.22. The van der Waals surface area contributed by atoms with E-state index in [1.165, 1.54) is 12.1 Å². The van der Waals surface area contributed by atoms with Gasteiger partial charge in [-0.05, 0) is 29.8 Å². The summed E-state index contributed by atoms with van der Waals surface area (Å²) in [5, 5.41) is 28.7. The van der Waals surface area contributed by atoms with E-state index in [0.717, 1.165) is 0 Å². The van der Waals surface area contributed by atoms with Crippen molar-refractivity contribution in [3.05, 3.63) is 60.2 Å². The van der Waals surface area contributed by atoms with E-state index in [1.54, 1.807) is 24.3 Å². The molecule has 2 atom stereocenters. The van der Waals surface area contributed by atoms with Crippen molar-refractivity contribution in [3.63, 3.8) is 0 Å². The third kappa shape index (κ3) is 3.73. The summed E-state index contributed by atoms with van der Waals surface area (Å²) in [5.41, 5.74) is 0.636. The van der Waals surface area contributed by atoms with Gasteiger partial charge in [-0.1, -0.05) is 30.3 Å². The Morgan fingerprint density at radius 1 is 0.950 bits per heavy atom. The standard InChI is InChI=1S/C16H18O4/c17-11-10-15(20-14-4-2-1-3-5-14)16(19)12-6-8-13(18)9-7-12/h1-9,15-19H,10-11H2/t15-,16-/m0/s1. The predicted octanol–water partition coefficient (Wildman–Crippen LogP) is 2.26. The van der Waals surface area contributed by atoms with E-state index in [1.807, 2.05) is 18.2 Å². The van der Waals surface area contributed by atoms with E-state index >= 15 is 0 Å². The Hall–Kier alpha value is -2.04. The lowest BCUT2D eigenvalue weighted by Crippen LogP contribution is -2.26. The highest BCUT2D eigenvalue weighted by Crippen LogP contribution is 2.25. The van der Waals surface area contributed by atoms with E-state index < -0.39 is 12.2 Å². The molecule has 0 heterocycles. The fourth-order valence-corrected chi connectivity index (χ4v) is 1.97. The number of rotatable bonds is 6. The molecule has 4 heteroatoms. The van der Waals surface area contributed by atoms with Crippen LogP contribution in [0.2, 0.25) is 0 Å². The minimum absolute atomic E-state index is 0.0767. The maximum Gasteiger partial charge on any atom is 0.131 e. The van der Waals surface area contributed by atoms with Crippen LogP contribution in [0.4, 0.5) is 0 Å². The molecule has 2 aromatic rings. The summed E-state index contributed by atoms with van der Waals surface area (Å²) >= 11 is 0. The first kappa shape index (κ1) is 14.4. The van der Waals surface area contributed by atoms with Crippen LogP contribution in [0.15, 0.2) is 54.6 Å². The summed E-state index contributed by atoms with van der Waals surface area (Å²) in [4.78, 5) is 0. The molecule has 3 N–H and O–H groups in total. The smallest absolute Gasteiger partial charge is 0.131 e. The Morgan fingerprint density at radius 3 is 2.20 bits per heavy atom. The van der Waals surface area contributed by atoms with Gasteiger partial charge >= 0.3 is 0 Å². The third-order valence-corrected chi connectivity index (χ3v) is 3.03. The van der Waals surface area contributed by atoms with E-state index in [4.69, 9.17) is 9.84 Å². The van der Waals surface area contributed by atoms with Crippen molar-refractivity contribution in [2.24, 2.45) is 0 Å². The second kappa shape index (κ2) is 6.93. The SMILES string of the molecule is OCC[C@H](Oc1ccccc1)[C@@H](O)c1ccc(O)cc1. The number of aromatic hydroxyl groups is 1. The van der Waals surface area contributed by atoms with E-state index in [2.05, 4.69) is 0 Å². The number of aliphatic hydroxyl groups is 2. The first-order valence-electron chi connectivity index (χ1n) is 6.50. The third-order valence-electron chi connectivity index (χ3n) is 3.03. The Labute approximate surface area is 117 Å². The summed E-state index contributed by atoms with van der Waals surface area (Å²) in [7, 11) is 0. The molecular formula is C16H18O4. The fourth-order valence-electron chi connectivity index (χ4n) is 1.97. The van der Waals surface area contributed by atoms with Crippen molar-refractivity contribution in [1.29, 1.82) is 0 Å². The zero-order valence-electron chi connectivity index (χ0n) is 11.0. The first-order valence-corrected chi connectivity index (χ1v) is 6.50. The summed E-state index contributed by atoms with van der Waals surface area (Å²) in [6.45, 7) is -0.0767. The summed E-state index contributed by atoms with van der Waals surface area (Å²) < 4.78 is 5.73. The zero-order chi connectivity index (χ0) is 14.4. The van der Waals surface area contributed by atoms with Crippen LogP contribution in [0.5, 0.6) is 11.5 Å². The number of para-hydroxylation sites is 1. The van der Waals surface area contributed by atoms with E-state index in [-0.39, 0.29) is 12.4 Å². The molecule has 0 unspecified atom stereocenters. The zero-order valence-corrected chi connectivity index (χ0v) is 11.0. The number of ether oxygens (including phenoxy) is 1. The number of benzene rings is 2. The van der Waals surface area contributed by atoms with Crippen molar-refractivity contribution in [2.75, 3.05) is 6.61 Å². The van der Waals surface area contributed by atoms with Crippen LogP contribution in [0.1, 0.15) is 18.1 Å². The first-order chi connectivity index (χ1) is 9.70. The van der Waals surface area contributed by atoms with Gasteiger partial charge < -0.3 is 20.1 Å². The molecule has 4 nitrogen and oxygen atoms in total. The Kier molecular flexibility index (Phi) is 4.98. The maximum atomic E-state index is 10.3. The lowest BCUT2D eigenvalue weighted by atomic mass is 10.0. The number of phenols is 1. The van der Waals surface area contributed by atoms with Gasteiger partial charge in [-0.2, -0.15) is 0 Å². The van der Waals surface area contributed by atoms with Crippen molar-refractivity contribution in [2.45, 2.75) is 18.6 Å². The highest BCUT2D eigenvalue weighted by atomic mass is 16.5. The van der Waals surface area contributed by atoms with Gasteiger partial charge in [-0.3, -0.25) is 0 Å². The molecule has 0 saturated heterocycles. The summed E-state index contributed by atoms with van der Waals surface area (Å²) in [6, 6.07) is 15.5. The van der Waals surface area contributed by atoms with Crippen molar-refractivity contribution in [3.8, 4) is 11.5 Å². The molecule has 2 aromatic carbocycles. The van der Waals surface area contributed by atoms with Gasteiger partial charge in [0.1, 0.15) is 23.7 Å². The second-order valence-electron chi connectivity index (χ2n) is 4.52. The highest BCUT2D eigenvalue weighted by molar-refractivity contribution is 5.28. The average molecular weight is 274 g/mol. The van der Waals surface area contributed by atoms with Crippen molar-refractivity contribution in [1.82, 2.24) is 0 Å². The minimum atomic E-state index is -0.872. The molecule has 106 valence electrons. The van der Waals surface area contributed by atoms with Crippen LogP contribution in [-0.4, -0.2) is 28.0 Å². The largest absolute Gasteiger partial charge is 0.508 e. The molecule has 0 aliphatic carbocycles. The maximum absolute atomic E-state index is 10.3. The molecule has 0 aliphatic rings. The van der Waals surface area contributed by atoms with Crippen molar-refractivity contribution >= 4 is 0 Å². The summed E-state index contributed by atoms with van der Waals surface area (Å²) in [5.74, 6) is 0.785. The van der Waals surface area contributed by atoms with Gasteiger partial charge in [-0.15, -0.1) is 0 Å². The van der Waals surface area contributed by atoms with Crippen molar-refractivity contribution < 1.29 is 20.1 Å². The number of hydrogen-bond acceptors (Lipinski definition) is 4. The minimum Gasteiger partial charge on any atom is -0.508 e. The monoisotopic (exact) mass is 274 g/mol. The van der Waals surface area contributed by atoms with Gasteiger partial charge in [0.25, 0.3) is 0 Å². The van der Waals surface area contributed by atoms with Gasteiger partial charge in [0.2, 0.25) is 0 Å². The average Bonchev–Trinajstić information content (AvgIpc) is 2.48. The van der Waals surface area contributed by atoms with E-state index in [0.29, 0.717) is 17.7 Å². The molecule has 20 heavy (non-hydrogen) atoms. The van der Waals surface area contributed by atoms with Crippen LogP contribution in [-0.2, 0) is 0 Å². The molecule has 2 rings (SSSR count). The van der Waals surface area contributed by atoms with Crippen LogP contribution < -0.4 is 4.74 Å². The number of aliphatic hydroxyl groups excluding tert-OH is 2. The summed E-state index contributed by atoms with van der Waals surface area (Å²) in [6.07, 6.45) is -1.10. The molecule has 0 fully saturated rings. The second-order valence-corrected chi connectivity index (χ2v) is 4.52. The lowest BCUT2D eigenvalue weighted by Gasteiger charge is -2.24. The molecule has 0 radical (unpaired) electrons. The number of phenolic OH excluding ortho intramolecular Hbond substituents is 1. The van der Waals surface area contributed by atoms with Crippen LogP contribution >= 0.6 is 0 Å². The molecule has 0 aliphatic heterocycles. The van der Waals surface area contributed by atoms with Gasteiger partial charge in [0.05, 0.1) is 0 Å². The van der Waals surface area contributed by atoms with Crippen LogP contribution in [0, 0.1) is 0 Å². The fraction of sp³-hybridized carbons (Fsp3) is 0.250. The Morgan fingerprint density at radius 2 is 1.60 bits per heavy atom. The van der Waals surface area contributed by atoms with E-state index in [9.17, 15) is 10.2 Å². The molecular weight excluding hydrogens is 256 g/mol. The molecule has 0 amide bonds. The molecule has 0 aromatic heterocycles. The van der Waals surface area contributed by atoms with Crippen LogP contribution in [0.25, 0.3) is 0 Å². The topological polar surface area (TPSA) is 69.9 Å². The lowest BCUT2D eigenvalue weighted by molar-refractivity contribution is 0.0204. The van der Waals surface area contributed by atoms with Gasteiger partial charge in [-0.25, -0.2) is 0 Å². The Bertz CT molecular complexity index is 510. The predicted molar refractivity (Wildman–Crippen MR) is 75.6 cm³/mol. The normalized spacial score (nSPS) is 13.7.